The number of carbonyl (C=O) groups excluding carboxylic acids is 1. The molecule has 0 aliphatic carbocycles. The lowest BCUT2D eigenvalue weighted by molar-refractivity contribution is 0.0930. The quantitative estimate of drug-likeness (QED) is 0.850. The largest absolute Gasteiger partial charge is 0.349 e. The zero-order valence-corrected chi connectivity index (χ0v) is 11.8. The van der Waals surface area contributed by atoms with E-state index < -0.39 is 0 Å². The van der Waals surface area contributed by atoms with Crippen LogP contribution < -0.4 is 5.32 Å². The van der Waals surface area contributed by atoms with Crippen LogP contribution in [0.25, 0.3) is 0 Å². The maximum atomic E-state index is 13.1. The number of halogens is 2. The standard InChI is InChI=1S/C13H17BrFNO/c1-8-4-5-11(15)6-12(8)13(17)16-10(3)9(2)7-14/h4-6,9-10H,7H2,1-3H3,(H,16,17). The number of aryl methyl sites for hydroxylation is 1. The van der Waals surface area contributed by atoms with Crippen LogP contribution in [-0.4, -0.2) is 17.3 Å². The molecule has 1 aromatic rings. The van der Waals surface area contributed by atoms with Gasteiger partial charge in [-0.2, -0.15) is 0 Å². The Morgan fingerprint density at radius 1 is 1.47 bits per heavy atom. The Bertz CT molecular complexity index is 408. The van der Waals surface area contributed by atoms with Crippen LogP contribution in [0.2, 0.25) is 0 Å². The maximum absolute atomic E-state index is 13.1. The highest BCUT2D eigenvalue weighted by molar-refractivity contribution is 9.09. The second-order valence-corrected chi connectivity index (χ2v) is 5.00. The van der Waals surface area contributed by atoms with Gasteiger partial charge in [-0.25, -0.2) is 4.39 Å². The van der Waals surface area contributed by atoms with Gasteiger partial charge in [0, 0.05) is 16.9 Å². The molecule has 2 nitrogen and oxygen atoms in total. The Labute approximate surface area is 110 Å². The molecule has 1 aromatic carbocycles. The molecule has 0 aliphatic rings. The van der Waals surface area contributed by atoms with E-state index in [0.29, 0.717) is 11.5 Å². The van der Waals surface area contributed by atoms with Gasteiger partial charge in [0.15, 0.2) is 0 Å². The number of rotatable bonds is 4. The van der Waals surface area contributed by atoms with Crippen LogP contribution in [0, 0.1) is 18.7 Å². The summed E-state index contributed by atoms with van der Waals surface area (Å²) in [5, 5.41) is 3.70. The lowest BCUT2D eigenvalue weighted by atomic mass is 10.0. The summed E-state index contributed by atoms with van der Waals surface area (Å²) in [5.74, 6) is -0.281. The molecular weight excluding hydrogens is 285 g/mol. The minimum Gasteiger partial charge on any atom is -0.349 e. The van der Waals surface area contributed by atoms with E-state index >= 15 is 0 Å². The van der Waals surface area contributed by atoms with E-state index in [1.807, 2.05) is 13.8 Å². The van der Waals surface area contributed by atoms with Crippen molar-refractivity contribution in [3.8, 4) is 0 Å². The highest BCUT2D eigenvalue weighted by Gasteiger charge is 2.16. The van der Waals surface area contributed by atoms with Crippen molar-refractivity contribution >= 4 is 21.8 Å². The summed E-state index contributed by atoms with van der Waals surface area (Å²) in [6, 6.07) is 4.29. The number of hydrogen-bond acceptors (Lipinski definition) is 1. The van der Waals surface area contributed by atoms with E-state index in [2.05, 4.69) is 21.2 Å². The predicted octanol–water partition coefficient (Wildman–Crippen LogP) is 3.28. The Morgan fingerprint density at radius 2 is 2.12 bits per heavy atom. The molecule has 17 heavy (non-hydrogen) atoms. The van der Waals surface area contributed by atoms with Gasteiger partial charge in [-0.3, -0.25) is 4.79 Å². The van der Waals surface area contributed by atoms with Crippen LogP contribution in [0.3, 0.4) is 0 Å². The smallest absolute Gasteiger partial charge is 0.251 e. The first-order chi connectivity index (χ1) is 7.95. The number of benzene rings is 1. The van der Waals surface area contributed by atoms with E-state index in [-0.39, 0.29) is 17.8 Å². The molecule has 0 fully saturated rings. The fraction of sp³-hybridized carbons (Fsp3) is 0.462. The second kappa shape index (κ2) is 6.15. The number of carbonyl (C=O) groups is 1. The zero-order valence-electron chi connectivity index (χ0n) is 10.3. The first-order valence-electron chi connectivity index (χ1n) is 5.58. The van der Waals surface area contributed by atoms with Gasteiger partial charge in [0.25, 0.3) is 5.91 Å². The molecule has 0 saturated heterocycles. The van der Waals surface area contributed by atoms with Crippen molar-refractivity contribution in [1.29, 1.82) is 0 Å². The number of hydrogen-bond donors (Lipinski definition) is 1. The predicted molar refractivity (Wildman–Crippen MR) is 71.0 cm³/mol. The summed E-state index contributed by atoms with van der Waals surface area (Å²) in [6.45, 7) is 5.78. The summed E-state index contributed by atoms with van der Waals surface area (Å²) in [7, 11) is 0. The molecule has 0 radical (unpaired) electrons. The van der Waals surface area contributed by atoms with Crippen LogP contribution >= 0.6 is 15.9 Å². The molecule has 0 bridgehead atoms. The molecule has 4 heteroatoms. The molecule has 2 atom stereocenters. The van der Waals surface area contributed by atoms with Crippen molar-refractivity contribution in [3.05, 3.63) is 35.1 Å². The van der Waals surface area contributed by atoms with Crippen molar-refractivity contribution in [2.45, 2.75) is 26.8 Å². The average molecular weight is 302 g/mol. The third kappa shape index (κ3) is 3.80. The van der Waals surface area contributed by atoms with Crippen LogP contribution in [0.5, 0.6) is 0 Å². The van der Waals surface area contributed by atoms with Gasteiger partial charge in [-0.15, -0.1) is 0 Å². The Kier molecular flexibility index (Phi) is 5.12. The molecule has 0 spiro atoms. The van der Waals surface area contributed by atoms with E-state index in [1.165, 1.54) is 12.1 Å². The van der Waals surface area contributed by atoms with Gasteiger partial charge in [-0.1, -0.05) is 28.9 Å². The second-order valence-electron chi connectivity index (χ2n) is 4.35. The van der Waals surface area contributed by atoms with Crippen LogP contribution in [0.15, 0.2) is 18.2 Å². The van der Waals surface area contributed by atoms with Crippen LogP contribution in [-0.2, 0) is 0 Å². The number of amides is 1. The fourth-order valence-electron chi connectivity index (χ4n) is 1.40. The molecular formula is C13H17BrFNO. The maximum Gasteiger partial charge on any atom is 0.251 e. The Balaban J connectivity index is 2.79. The Morgan fingerprint density at radius 3 is 2.71 bits per heavy atom. The molecule has 1 N–H and O–H groups in total. The summed E-state index contributed by atoms with van der Waals surface area (Å²) in [4.78, 5) is 12.0. The Hall–Kier alpha value is -0.900. The van der Waals surface area contributed by atoms with Crippen molar-refractivity contribution in [1.82, 2.24) is 5.32 Å². The molecule has 1 amide bonds. The average Bonchev–Trinajstić information content (AvgIpc) is 2.30. The normalized spacial score (nSPS) is 14.2. The molecule has 0 aliphatic heterocycles. The highest BCUT2D eigenvalue weighted by atomic mass is 79.9. The summed E-state index contributed by atoms with van der Waals surface area (Å²) in [6.07, 6.45) is 0. The lowest BCUT2D eigenvalue weighted by Crippen LogP contribution is -2.38. The topological polar surface area (TPSA) is 29.1 Å². The van der Waals surface area contributed by atoms with E-state index in [1.54, 1.807) is 13.0 Å². The van der Waals surface area contributed by atoms with Crippen molar-refractivity contribution in [2.24, 2.45) is 5.92 Å². The molecule has 2 unspecified atom stereocenters. The van der Waals surface area contributed by atoms with Crippen molar-refractivity contribution < 1.29 is 9.18 Å². The molecule has 0 heterocycles. The first-order valence-corrected chi connectivity index (χ1v) is 6.70. The van der Waals surface area contributed by atoms with Crippen LogP contribution in [0.1, 0.15) is 29.8 Å². The summed E-state index contributed by atoms with van der Waals surface area (Å²) < 4.78 is 13.1. The highest BCUT2D eigenvalue weighted by Crippen LogP contribution is 2.12. The lowest BCUT2D eigenvalue weighted by Gasteiger charge is -2.19. The van der Waals surface area contributed by atoms with Crippen molar-refractivity contribution in [2.75, 3.05) is 5.33 Å². The zero-order chi connectivity index (χ0) is 13.0. The van der Waals surface area contributed by atoms with Gasteiger partial charge < -0.3 is 5.32 Å². The summed E-state index contributed by atoms with van der Waals surface area (Å²) >= 11 is 3.38. The van der Waals surface area contributed by atoms with Crippen molar-refractivity contribution in [3.63, 3.8) is 0 Å². The number of nitrogens with one attached hydrogen (secondary N) is 1. The van der Waals surface area contributed by atoms with Crippen LogP contribution in [0.4, 0.5) is 4.39 Å². The van der Waals surface area contributed by atoms with E-state index in [4.69, 9.17) is 0 Å². The molecule has 1 rings (SSSR count). The monoisotopic (exact) mass is 301 g/mol. The minimum absolute atomic E-state index is 0.0459. The van der Waals surface area contributed by atoms with Gasteiger partial charge in [0.05, 0.1) is 0 Å². The minimum atomic E-state index is -0.387. The third-order valence-corrected chi connectivity index (χ3v) is 3.92. The number of alkyl halides is 1. The molecule has 0 aromatic heterocycles. The SMILES string of the molecule is Cc1ccc(F)cc1C(=O)NC(C)C(C)CBr. The van der Waals surface area contributed by atoms with Gasteiger partial charge >= 0.3 is 0 Å². The first kappa shape index (κ1) is 14.2. The van der Waals surface area contributed by atoms with E-state index in [9.17, 15) is 9.18 Å². The van der Waals surface area contributed by atoms with E-state index in [0.717, 1.165) is 10.9 Å². The van der Waals surface area contributed by atoms with Gasteiger partial charge in [-0.05, 0) is 37.5 Å². The van der Waals surface area contributed by atoms with Gasteiger partial charge in [0.1, 0.15) is 5.82 Å². The molecule has 94 valence electrons. The summed E-state index contributed by atoms with van der Waals surface area (Å²) in [5.41, 5.74) is 1.18. The third-order valence-electron chi connectivity index (χ3n) is 2.90. The fourth-order valence-corrected chi connectivity index (χ4v) is 1.96. The van der Waals surface area contributed by atoms with Gasteiger partial charge in [0.2, 0.25) is 0 Å². The molecule has 0 saturated carbocycles.